The summed E-state index contributed by atoms with van der Waals surface area (Å²) in [5, 5.41) is 14.0. The maximum atomic E-state index is 9.07. The molecule has 3 nitrogen and oxygen atoms in total. The first-order chi connectivity index (χ1) is 5.36. The third kappa shape index (κ3) is 1.05. The van der Waals surface area contributed by atoms with Gasteiger partial charge in [-0.15, -0.1) is 0 Å². The van der Waals surface area contributed by atoms with Gasteiger partial charge in [0.2, 0.25) is 0 Å². The fourth-order valence-corrected chi connectivity index (χ4v) is 1.09. The van der Waals surface area contributed by atoms with E-state index >= 15 is 0 Å². The van der Waals surface area contributed by atoms with Crippen LogP contribution in [0.25, 0.3) is 12.3 Å². The molecular formula is C8H8N2O. The first-order valence-electron chi connectivity index (χ1n) is 3.45. The van der Waals surface area contributed by atoms with Crippen LogP contribution in [0.15, 0.2) is 12.3 Å². The Kier molecular flexibility index (Phi) is 1.28. The van der Waals surface area contributed by atoms with Crippen molar-refractivity contribution in [2.45, 2.75) is 0 Å². The third-order valence-corrected chi connectivity index (χ3v) is 1.61. The summed E-state index contributed by atoms with van der Waals surface area (Å²) in [6, 6.07) is 1.71. The lowest BCUT2D eigenvalue weighted by Gasteiger charge is -2.01. The molecule has 1 aromatic heterocycles. The lowest BCUT2D eigenvalue weighted by Crippen LogP contribution is -2.34. The molecule has 3 heteroatoms. The van der Waals surface area contributed by atoms with Gasteiger partial charge in [0, 0.05) is 18.0 Å². The van der Waals surface area contributed by atoms with Crippen molar-refractivity contribution < 1.29 is 5.11 Å². The van der Waals surface area contributed by atoms with Gasteiger partial charge in [-0.25, -0.2) is 0 Å². The van der Waals surface area contributed by atoms with E-state index < -0.39 is 0 Å². The molecule has 2 rings (SSSR count). The van der Waals surface area contributed by atoms with Gasteiger partial charge in [0.25, 0.3) is 0 Å². The maximum Gasteiger partial charge on any atom is 0.134 e. The highest BCUT2D eigenvalue weighted by molar-refractivity contribution is 5.37. The Bertz CT molecular complexity index is 384. The standard InChI is InChI=1S/C8H8N2O/c11-7-3-6-1-2-9-5-8(6)10-4-7/h1,3-5,9,11H,2H2. The number of hydrogen-bond acceptors (Lipinski definition) is 3. The van der Waals surface area contributed by atoms with E-state index in [9.17, 15) is 0 Å². The van der Waals surface area contributed by atoms with Crippen molar-refractivity contribution in [1.82, 2.24) is 10.3 Å². The number of nitrogens with one attached hydrogen (secondary N) is 1. The van der Waals surface area contributed by atoms with Crippen LogP contribution in [0.2, 0.25) is 0 Å². The van der Waals surface area contributed by atoms with Crippen LogP contribution in [0.3, 0.4) is 0 Å². The third-order valence-electron chi connectivity index (χ3n) is 1.61. The fraction of sp³-hybridized carbons (Fsp3) is 0.125. The Hall–Kier alpha value is -1.51. The normalized spacial score (nSPS) is 13.8. The van der Waals surface area contributed by atoms with Crippen LogP contribution < -0.4 is 15.9 Å². The van der Waals surface area contributed by atoms with Crippen LogP contribution in [-0.4, -0.2) is 16.6 Å². The van der Waals surface area contributed by atoms with E-state index in [1.807, 2.05) is 12.3 Å². The first-order valence-corrected chi connectivity index (χ1v) is 3.45. The van der Waals surface area contributed by atoms with Crippen LogP contribution in [0.5, 0.6) is 5.75 Å². The number of aromatic nitrogens is 1. The minimum atomic E-state index is 0.218. The van der Waals surface area contributed by atoms with Crippen molar-refractivity contribution in [1.29, 1.82) is 0 Å². The highest BCUT2D eigenvalue weighted by atomic mass is 16.3. The number of rotatable bonds is 0. The molecule has 0 saturated heterocycles. The summed E-state index contributed by atoms with van der Waals surface area (Å²) in [6.45, 7) is 0.804. The molecule has 0 fully saturated rings. The zero-order valence-corrected chi connectivity index (χ0v) is 5.91. The summed E-state index contributed by atoms with van der Waals surface area (Å²) >= 11 is 0. The van der Waals surface area contributed by atoms with Crippen molar-refractivity contribution in [3.8, 4) is 5.75 Å². The topological polar surface area (TPSA) is 45.2 Å². The Balaban J connectivity index is 2.80. The molecule has 1 aromatic rings. The lowest BCUT2D eigenvalue weighted by atomic mass is 10.3. The smallest absolute Gasteiger partial charge is 0.134 e. The highest BCUT2D eigenvalue weighted by Crippen LogP contribution is 1.95. The van der Waals surface area contributed by atoms with E-state index in [1.54, 1.807) is 6.07 Å². The quantitative estimate of drug-likeness (QED) is 0.491. The van der Waals surface area contributed by atoms with Gasteiger partial charge in [0.15, 0.2) is 0 Å². The van der Waals surface area contributed by atoms with Gasteiger partial charge in [-0.1, -0.05) is 6.08 Å². The monoisotopic (exact) mass is 148 g/mol. The van der Waals surface area contributed by atoms with Gasteiger partial charge in [-0.3, -0.25) is 4.98 Å². The number of pyridine rings is 1. The Morgan fingerprint density at radius 1 is 1.55 bits per heavy atom. The van der Waals surface area contributed by atoms with Crippen molar-refractivity contribution in [3.63, 3.8) is 0 Å². The maximum absolute atomic E-state index is 9.07. The lowest BCUT2D eigenvalue weighted by molar-refractivity contribution is 0.471. The average Bonchev–Trinajstić information content (AvgIpc) is 2.04. The second-order valence-corrected chi connectivity index (χ2v) is 2.42. The van der Waals surface area contributed by atoms with Gasteiger partial charge in [-0.2, -0.15) is 0 Å². The molecule has 0 aliphatic carbocycles. The summed E-state index contributed by atoms with van der Waals surface area (Å²) in [4.78, 5) is 4.02. The zero-order valence-electron chi connectivity index (χ0n) is 5.91. The summed E-state index contributed by atoms with van der Waals surface area (Å²) in [6.07, 6.45) is 5.27. The first kappa shape index (κ1) is 6.22. The second kappa shape index (κ2) is 2.27. The van der Waals surface area contributed by atoms with Crippen molar-refractivity contribution in [2.24, 2.45) is 0 Å². The Morgan fingerprint density at radius 2 is 2.45 bits per heavy atom. The van der Waals surface area contributed by atoms with E-state index in [0.29, 0.717) is 0 Å². The summed E-state index contributed by atoms with van der Waals surface area (Å²) < 4.78 is 0. The van der Waals surface area contributed by atoms with Gasteiger partial charge < -0.3 is 10.4 Å². The molecular weight excluding hydrogens is 140 g/mol. The molecule has 2 heterocycles. The van der Waals surface area contributed by atoms with E-state index in [1.165, 1.54) is 6.20 Å². The molecule has 1 aliphatic rings. The molecule has 0 unspecified atom stereocenters. The van der Waals surface area contributed by atoms with Gasteiger partial charge >= 0.3 is 0 Å². The molecule has 2 N–H and O–H groups in total. The molecule has 1 aliphatic heterocycles. The van der Waals surface area contributed by atoms with Crippen molar-refractivity contribution in [2.75, 3.05) is 6.54 Å². The van der Waals surface area contributed by atoms with Crippen LogP contribution >= 0.6 is 0 Å². The number of hydrogen-bond donors (Lipinski definition) is 2. The molecule has 0 bridgehead atoms. The van der Waals surface area contributed by atoms with E-state index in [2.05, 4.69) is 10.3 Å². The predicted molar refractivity (Wildman–Crippen MR) is 42.1 cm³/mol. The summed E-state index contributed by atoms with van der Waals surface area (Å²) in [7, 11) is 0. The fourth-order valence-electron chi connectivity index (χ4n) is 1.09. The largest absolute Gasteiger partial charge is 0.506 e. The van der Waals surface area contributed by atoms with Crippen LogP contribution in [0.1, 0.15) is 0 Å². The molecule has 11 heavy (non-hydrogen) atoms. The SMILES string of the molecule is Oc1cnc2c(c1)=CCNC=2. The average molecular weight is 148 g/mol. The molecule has 0 spiro atoms. The van der Waals surface area contributed by atoms with E-state index in [-0.39, 0.29) is 5.75 Å². The Labute approximate surface area is 63.7 Å². The zero-order chi connectivity index (χ0) is 7.68. The van der Waals surface area contributed by atoms with E-state index in [0.717, 1.165) is 17.1 Å². The highest BCUT2D eigenvalue weighted by Gasteiger charge is 1.93. The van der Waals surface area contributed by atoms with Gasteiger partial charge in [0.1, 0.15) is 5.75 Å². The van der Waals surface area contributed by atoms with Crippen molar-refractivity contribution in [3.05, 3.63) is 22.8 Å². The minimum absolute atomic E-state index is 0.218. The minimum Gasteiger partial charge on any atom is -0.506 e. The van der Waals surface area contributed by atoms with Crippen LogP contribution in [0, 0.1) is 0 Å². The van der Waals surface area contributed by atoms with Gasteiger partial charge in [0.05, 0.1) is 11.5 Å². The summed E-state index contributed by atoms with van der Waals surface area (Å²) in [5.41, 5.74) is 0. The molecule has 0 amide bonds. The number of aromatic hydroxyl groups is 1. The van der Waals surface area contributed by atoms with Crippen LogP contribution in [0.4, 0.5) is 0 Å². The summed E-state index contributed by atoms with van der Waals surface area (Å²) in [5.74, 6) is 0.218. The predicted octanol–water partition coefficient (Wildman–Crippen LogP) is -1.09. The number of fused-ring (bicyclic) bond motifs is 1. The van der Waals surface area contributed by atoms with E-state index in [4.69, 9.17) is 5.11 Å². The second-order valence-electron chi connectivity index (χ2n) is 2.42. The molecule has 0 radical (unpaired) electrons. The molecule has 0 atom stereocenters. The number of nitrogens with zero attached hydrogens (tertiary/aromatic N) is 1. The van der Waals surface area contributed by atoms with Crippen molar-refractivity contribution >= 4 is 12.3 Å². The Morgan fingerprint density at radius 3 is 3.36 bits per heavy atom. The van der Waals surface area contributed by atoms with Gasteiger partial charge in [-0.05, 0) is 6.07 Å². The molecule has 0 aromatic carbocycles. The van der Waals surface area contributed by atoms with Crippen LogP contribution in [-0.2, 0) is 0 Å². The molecule has 56 valence electrons. The molecule has 0 saturated carbocycles.